The second kappa shape index (κ2) is 10.1. The molecule has 2 aromatic rings. The highest BCUT2D eigenvalue weighted by molar-refractivity contribution is 7.89. The molecule has 0 aromatic heterocycles. The van der Waals surface area contributed by atoms with Crippen LogP contribution >= 0.6 is 0 Å². The first kappa shape index (κ1) is 24.1. The molecule has 2 saturated heterocycles. The summed E-state index contributed by atoms with van der Waals surface area (Å²) in [6.45, 7) is 3.10. The summed E-state index contributed by atoms with van der Waals surface area (Å²) in [5.41, 5.74) is 2.29. The molecule has 34 heavy (non-hydrogen) atoms. The van der Waals surface area contributed by atoms with Gasteiger partial charge in [-0.25, -0.2) is 8.42 Å². The number of hydrogen-bond donors (Lipinski definition) is 1. The minimum Gasteiger partial charge on any atom is -0.352 e. The van der Waals surface area contributed by atoms with E-state index in [1.165, 1.54) is 35.5 Å². The van der Waals surface area contributed by atoms with Gasteiger partial charge in [0.1, 0.15) is 0 Å². The number of carbonyl (C=O) groups excluding carboxylic acids is 3. The zero-order valence-electron chi connectivity index (χ0n) is 19.2. The van der Waals surface area contributed by atoms with Gasteiger partial charge in [-0.05, 0) is 56.0 Å². The Bertz CT molecular complexity index is 1170. The van der Waals surface area contributed by atoms with Gasteiger partial charge in [-0.1, -0.05) is 24.3 Å². The number of carbonyl (C=O) groups is 3. The van der Waals surface area contributed by atoms with Crippen LogP contribution < -0.4 is 10.2 Å². The van der Waals surface area contributed by atoms with Crippen molar-refractivity contribution < 1.29 is 22.8 Å². The molecule has 9 heteroatoms. The van der Waals surface area contributed by atoms with Crippen molar-refractivity contribution in [2.75, 3.05) is 24.5 Å². The van der Waals surface area contributed by atoms with Gasteiger partial charge in [0, 0.05) is 49.8 Å². The number of hydrogen-bond acceptors (Lipinski definition) is 5. The van der Waals surface area contributed by atoms with Crippen LogP contribution in [-0.2, 0) is 26.2 Å². The quantitative estimate of drug-likeness (QED) is 0.610. The fourth-order valence-electron chi connectivity index (χ4n) is 4.42. The third-order valence-electron chi connectivity index (χ3n) is 6.51. The van der Waals surface area contributed by atoms with Crippen molar-refractivity contribution in [2.24, 2.45) is 5.92 Å². The molecule has 0 aliphatic carbocycles. The van der Waals surface area contributed by atoms with E-state index in [2.05, 4.69) is 5.32 Å². The monoisotopic (exact) mass is 483 g/mol. The Kier molecular flexibility index (Phi) is 7.13. The summed E-state index contributed by atoms with van der Waals surface area (Å²) in [6.07, 6.45) is 2.37. The van der Waals surface area contributed by atoms with Crippen molar-refractivity contribution in [1.82, 2.24) is 9.62 Å². The molecular weight excluding hydrogens is 454 g/mol. The minimum absolute atomic E-state index is 0.0818. The molecule has 2 aliphatic rings. The van der Waals surface area contributed by atoms with Gasteiger partial charge in [0.2, 0.25) is 21.8 Å². The first-order valence-electron chi connectivity index (χ1n) is 11.5. The first-order valence-corrected chi connectivity index (χ1v) is 13.0. The third-order valence-corrected chi connectivity index (χ3v) is 8.42. The lowest BCUT2D eigenvalue weighted by atomic mass is 9.97. The van der Waals surface area contributed by atoms with Crippen LogP contribution in [0.25, 0.3) is 0 Å². The van der Waals surface area contributed by atoms with Crippen molar-refractivity contribution in [3.05, 3.63) is 59.7 Å². The van der Waals surface area contributed by atoms with Gasteiger partial charge in [0.15, 0.2) is 5.78 Å². The number of rotatable bonds is 7. The number of nitrogens with one attached hydrogen (secondary N) is 1. The van der Waals surface area contributed by atoms with Crippen LogP contribution in [0, 0.1) is 5.92 Å². The van der Waals surface area contributed by atoms with Gasteiger partial charge in [-0.2, -0.15) is 4.31 Å². The van der Waals surface area contributed by atoms with Crippen molar-refractivity contribution in [1.29, 1.82) is 0 Å². The molecular formula is C25H29N3O5S. The van der Waals surface area contributed by atoms with Gasteiger partial charge in [-0.15, -0.1) is 0 Å². The lowest BCUT2D eigenvalue weighted by Crippen LogP contribution is -2.42. The number of sulfonamides is 1. The zero-order valence-corrected chi connectivity index (χ0v) is 20.0. The van der Waals surface area contributed by atoms with Gasteiger partial charge in [0.25, 0.3) is 0 Å². The predicted octanol–water partition coefficient (Wildman–Crippen LogP) is 2.73. The second-order valence-electron chi connectivity index (χ2n) is 8.79. The Morgan fingerprint density at radius 2 is 1.62 bits per heavy atom. The van der Waals surface area contributed by atoms with Crippen LogP contribution in [0.15, 0.2) is 53.4 Å². The summed E-state index contributed by atoms with van der Waals surface area (Å²) in [6, 6.07) is 13.6. The van der Waals surface area contributed by atoms with E-state index < -0.39 is 10.0 Å². The molecule has 2 aromatic carbocycles. The summed E-state index contributed by atoms with van der Waals surface area (Å²) in [7, 11) is -3.66. The normalized spacial score (nSPS) is 17.7. The fourth-order valence-corrected chi connectivity index (χ4v) is 5.89. The van der Waals surface area contributed by atoms with E-state index in [0.717, 1.165) is 24.2 Å². The van der Waals surface area contributed by atoms with E-state index in [4.69, 9.17) is 0 Å². The topological polar surface area (TPSA) is 104 Å². The minimum atomic E-state index is -3.66. The molecule has 2 aliphatic heterocycles. The van der Waals surface area contributed by atoms with Crippen molar-refractivity contribution in [3.63, 3.8) is 0 Å². The largest absolute Gasteiger partial charge is 0.352 e. The van der Waals surface area contributed by atoms with Gasteiger partial charge < -0.3 is 10.2 Å². The standard InChI is InChI=1S/C25H29N3O5S/c1-18(29)20-6-10-23(11-7-20)34(32,33)27-15-12-21(13-16-27)25(31)26-17-19-4-8-22(9-5-19)28-14-2-3-24(28)30/h4-11,21H,2-3,12-17H2,1H3,(H,26,31). The summed E-state index contributed by atoms with van der Waals surface area (Å²) in [5.74, 6) is -0.300. The maximum atomic E-state index is 12.9. The van der Waals surface area contributed by atoms with E-state index >= 15 is 0 Å². The van der Waals surface area contributed by atoms with E-state index in [1.54, 1.807) is 4.90 Å². The number of Topliss-reactive ketones (excluding diaryl/α,β-unsaturated/α-hetero) is 1. The third kappa shape index (κ3) is 5.20. The number of benzene rings is 2. The van der Waals surface area contributed by atoms with E-state index in [9.17, 15) is 22.8 Å². The smallest absolute Gasteiger partial charge is 0.243 e. The van der Waals surface area contributed by atoms with Crippen molar-refractivity contribution in [2.45, 2.75) is 44.0 Å². The van der Waals surface area contributed by atoms with Crippen LogP contribution in [0.1, 0.15) is 48.5 Å². The Hall–Kier alpha value is -3.04. The maximum absolute atomic E-state index is 12.9. The van der Waals surface area contributed by atoms with Gasteiger partial charge in [0.05, 0.1) is 4.90 Å². The number of anilines is 1. The van der Waals surface area contributed by atoms with Crippen molar-refractivity contribution >= 4 is 33.3 Å². The number of amides is 2. The first-order chi connectivity index (χ1) is 16.3. The lowest BCUT2D eigenvalue weighted by Gasteiger charge is -2.30. The average Bonchev–Trinajstić information content (AvgIpc) is 3.28. The summed E-state index contributed by atoms with van der Waals surface area (Å²) in [4.78, 5) is 37.9. The molecule has 0 spiro atoms. The number of ketones is 1. The second-order valence-corrected chi connectivity index (χ2v) is 10.7. The van der Waals surface area contributed by atoms with E-state index in [-0.39, 0.29) is 41.5 Å². The van der Waals surface area contributed by atoms with Gasteiger partial charge >= 0.3 is 0 Å². The average molecular weight is 484 g/mol. The van der Waals surface area contributed by atoms with E-state index in [1.807, 2.05) is 24.3 Å². The Morgan fingerprint density at radius 3 is 2.18 bits per heavy atom. The summed E-state index contributed by atoms with van der Waals surface area (Å²) in [5, 5.41) is 2.95. The lowest BCUT2D eigenvalue weighted by molar-refractivity contribution is -0.126. The molecule has 0 atom stereocenters. The highest BCUT2D eigenvalue weighted by Crippen LogP contribution is 2.25. The predicted molar refractivity (Wildman–Crippen MR) is 128 cm³/mol. The van der Waals surface area contributed by atoms with Crippen LogP contribution in [-0.4, -0.2) is 50.0 Å². The Labute approximate surface area is 200 Å². The molecule has 0 saturated carbocycles. The molecule has 8 nitrogen and oxygen atoms in total. The number of piperidine rings is 1. The molecule has 1 N–H and O–H groups in total. The zero-order chi connectivity index (χ0) is 24.3. The maximum Gasteiger partial charge on any atom is 0.243 e. The molecule has 4 rings (SSSR count). The van der Waals surface area contributed by atoms with Crippen LogP contribution in [0.4, 0.5) is 5.69 Å². The molecule has 2 heterocycles. The Morgan fingerprint density at radius 1 is 0.971 bits per heavy atom. The fraction of sp³-hybridized carbons (Fsp3) is 0.400. The highest BCUT2D eigenvalue weighted by Gasteiger charge is 2.32. The molecule has 180 valence electrons. The van der Waals surface area contributed by atoms with Crippen LogP contribution in [0.5, 0.6) is 0 Å². The number of nitrogens with zero attached hydrogens (tertiary/aromatic N) is 2. The molecule has 0 unspecified atom stereocenters. The molecule has 0 radical (unpaired) electrons. The van der Waals surface area contributed by atoms with Crippen LogP contribution in [0.3, 0.4) is 0 Å². The molecule has 2 fully saturated rings. The van der Waals surface area contributed by atoms with Crippen molar-refractivity contribution in [3.8, 4) is 0 Å². The Balaban J connectivity index is 1.28. The van der Waals surface area contributed by atoms with Gasteiger partial charge in [-0.3, -0.25) is 14.4 Å². The molecule has 2 amide bonds. The highest BCUT2D eigenvalue weighted by atomic mass is 32.2. The SMILES string of the molecule is CC(=O)c1ccc(S(=O)(=O)N2CCC(C(=O)NCc3ccc(N4CCCC4=O)cc3)CC2)cc1. The van der Waals surface area contributed by atoms with E-state index in [0.29, 0.717) is 31.4 Å². The molecule has 0 bridgehead atoms. The van der Waals surface area contributed by atoms with Crippen LogP contribution in [0.2, 0.25) is 0 Å². The summed E-state index contributed by atoms with van der Waals surface area (Å²) >= 11 is 0. The summed E-state index contributed by atoms with van der Waals surface area (Å²) < 4.78 is 27.2.